The predicted molar refractivity (Wildman–Crippen MR) is 89.4 cm³/mol. The molecule has 5 nitrogen and oxygen atoms in total. The van der Waals surface area contributed by atoms with E-state index in [1.165, 1.54) is 9.71 Å². The second-order valence-corrected chi connectivity index (χ2v) is 7.32. The molecule has 2 heterocycles. The van der Waals surface area contributed by atoms with E-state index in [-0.39, 0.29) is 6.10 Å². The van der Waals surface area contributed by atoms with Crippen LogP contribution in [0, 0.1) is 6.92 Å². The molecule has 2 aromatic rings. The molecule has 0 spiro atoms. The van der Waals surface area contributed by atoms with Crippen LogP contribution in [0.15, 0.2) is 54.2 Å². The van der Waals surface area contributed by atoms with Crippen LogP contribution in [0.4, 0.5) is 0 Å². The van der Waals surface area contributed by atoms with Gasteiger partial charge in [-0.05, 0) is 30.7 Å². The summed E-state index contributed by atoms with van der Waals surface area (Å²) >= 11 is 0. The Morgan fingerprint density at radius 3 is 2.61 bits per heavy atom. The first-order valence-electron chi connectivity index (χ1n) is 7.34. The fraction of sp³-hybridized carbons (Fsp3) is 0.235. The number of aryl methyl sites for hydroxylation is 1. The molecule has 0 amide bonds. The molecular weight excluding hydrogens is 312 g/mol. The summed E-state index contributed by atoms with van der Waals surface area (Å²) in [6.07, 6.45) is 4.78. The van der Waals surface area contributed by atoms with Gasteiger partial charge in [0.2, 0.25) is 10.0 Å². The van der Waals surface area contributed by atoms with E-state index >= 15 is 0 Å². The van der Waals surface area contributed by atoms with E-state index in [0.29, 0.717) is 18.8 Å². The minimum absolute atomic E-state index is 0.123. The van der Waals surface area contributed by atoms with E-state index in [4.69, 9.17) is 4.74 Å². The second kappa shape index (κ2) is 6.52. The van der Waals surface area contributed by atoms with Crippen LogP contribution in [0.2, 0.25) is 0 Å². The van der Waals surface area contributed by atoms with Gasteiger partial charge in [-0.25, -0.2) is 8.42 Å². The number of hydrogen-bond donors (Lipinski definition) is 0. The van der Waals surface area contributed by atoms with Gasteiger partial charge < -0.3 is 4.74 Å². The fourth-order valence-corrected chi connectivity index (χ4v) is 3.47. The Balaban J connectivity index is 1.56. The average Bonchev–Trinajstić information content (AvgIpc) is 2.51. The number of pyridine rings is 1. The highest BCUT2D eigenvalue weighted by Gasteiger charge is 2.35. The first-order chi connectivity index (χ1) is 11.0. The minimum atomic E-state index is -3.40. The largest absolute Gasteiger partial charge is 0.486 e. The zero-order valence-corrected chi connectivity index (χ0v) is 13.6. The van der Waals surface area contributed by atoms with E-state index in [2.05, 4.69) is 4.98 Å². The van der Waals surface area contributed by atoms with Crippen LogP contribution in [0.3, 0.4) is 0 Å². The number of sulfonamides is 1. The third-order valence-corrected chi connectivity index (χ3v) is 5.12. The molecule has 120 valence electrons. The summed E-state index contributed by atoms with van der Waals surface area (Å²) < 4.78 is 31.5. The molecular formula is C17H18N2O3S. The number of aromatic nitrogens is 1. The summed E-state index contributed by atoms with van der Waals surface area (Å²) in [6.45, 7) is 2.71. The van der Waals surface area contributed by atoms with Crippen LogP contribution in [0.1, 0.15) is 11.1 Å². The molecule has 0 aliphatic carbocycles. The molecule has 1 fully saturated rings. The lowest BCUT2D eigenvalue weighted by molar-refractivity contribution is 0.0768. The normalized spacial score (nSPS) is 16.4. The Hall–Kier alpha value is -2.18. The van der Waals surface area contributed by atoms with Gasteiger partial charge in [-0.1, -0.05) is 29.8 Å². The van der Waals surface area contributed by atoms with Gasteiger partial charge in [0.25, 0.3) is 0 Å². The first kappa shape index (κ1) is 15.7. The van der Waals surface area contributed by atoms with Crippen molar-refractivity contribution in [3.05, 3.63) is 65.3 Å². The van der Waals surface area contributed by atoms with Crippen LogP contribution in [-0.2, 0) is 10.0 Å². The van der Waals surface area contributed by atoms with Gasteiger partial charge in [0.15, 0.2) is 0 Å². The molecule has 0 saturated carbocycles. The maximum absolute atomic E-state index is 12.2. The van der Waals surface area contributed by atoms with Gasteiger partial charge >= 0.3 is 0 Å². The number of ether oxygens (including phenoxy) is 1. The van der Waals surface area contributed by atoms with Gasteiger partial charge in [-0.2, -0.15) is 4.31 Å². The van der Waals surface area contributed by atoms with Gasteiger partial charge in [0, 0.05) is 11.6 Å². The minimum Gasteiger partial charge on any atom is -0.486 e. The van der Waals surface area contributed by atoms with Crippen molar-refractivity contribution in [1.82, 2.24) is 9.29 Å². The van der Waals surface area contributed by atoms with E-state index < -0.39 is 10.0 Å². The number of hydrogen-bond acceptors (Lipinski definition) is 4. The molecule has 0 N–H and O–H groups in total. The maximum Gasteiger partial charge on any atom is 0.236 e. The Morgan fingerprint density at radius 2 is 1.96 bits per heavy atom. The Labute approximate surface area is 136 Å². The SMILES string of the molecule is Cc1ccc(/C=C/S(=O)(=O)N2CC(Oc3cccnc3)C2)cc1. The third-order valence-electron chi connectivity index (χ3n) is 3.62. The molecule has 6 heteroatoms. The summed E-state index contributed by atoms with van der Waals surface area (Å²) in [5, 5.41) is 1.25. The second-order valence-electron chi connectivity index (χ2n) is 5.50. The van der Waals surface area contributed by atoms with E-state index in [1.54, 1.807) is 30.6 Å². The molecule has 0 atom stereocenters. The van der Waals surface area contributed by atoms with Crippen molar-refractivity contribution in [2.45, 2.75) is 13.0 Å². The van der Waals surface area contributed by atoms with Crippen LogP contribution in [0.5, 0.6) is 5.75 Å². The smallest absolute Gasteiger partial charge is 0.236 e. The molecule has 1 aromatic carbocycles. The van der Waals surface area contributed by atoms with E-state index in [0.717, 1.165) is 11.1 Å². The molecule has 0 unspecified atom stereocenters. The molecule has 3 rings (SSSR count). The van der Waals surface area contributed by atoms with Crippen LogP contribution < -0.4 is 4.74 Å². The van der Waals surface area contributed by atoms with Crippen molar-refractivity contribution < 1.29 is 13.2 Å². The highest BCUT2D eigenvalue weighted by atomic mass is 32.2. The topological polar surface area (TPSA) is 59.5 Å². The highest BCUT2D eigenvalue weighted by Crippen LogP contribution is 2.21. The van der Waals surface area contributed by atoms with E-state index in [1.807, 2.05) is 31.2 Å². The van der Waals surface area contributed by atoms with Gasteiger partial charge in [0.05, 0.1) is 19.3 Å². The summed E-state index contributed by atoms with van der Waals surface area (Å²) in [6, 6.07) is 11.3. The highest BCUT2D eigenvalue weighted by molar-refractivity contribution is 7.92. The number of nitrogens with zero attached hydrogens (tertiary/aromatic N) is 2. The molecule has 1 aromatic heterocycles. The van der Waals surface area contributed by atoms with Crippen molar-refractivity contribution in [3.8, 4) is 5.75 Å². The summed E-state index contributed by atoms with van der Waals surface area (Å²) in [5.41, 5.74) is 2.01. The van der Waals surface area contributed by atoms with Gasteiger partial charge in [-0.3, -0.25) is 4.98 Å². The van der Waals surface area contributed by atoms with Crippen molar-refractivity contribution in [3.63, 3.8) is 0 Å². The third kappa shape index (κ3) is 3.97. The molecule has 23 heavy (non-hydrogen) atoms. The monoisotopic (exact) mass is 330 g/mol. The standard InChI is InChI=1S/C17H18N2O3S/c1-14-4-6-15(7-5-14)8-10-23(20,21)19-12-17(13-19)22-16-3-2-9-18-11-16/h2-11,17H,12-13H2,1H3/b10-8+. The fourth-order valence-electron chi connectivity index (χ4n) is 2.22. The zero-order chi connectivity index (χ0) is 16.3. The summed E-state index contributed by atoms with van der Waals surface area (Å²) in [5.74, 6) is 0.657. The van der Waals surface area contributed by atoms with Gasteiger partial charge in [0.1, 0.15) is 11.9 Å². The lowest BCUT2D eigenvalue weighted by atomic mass is 10.2. The first-order valence-corrected chi connectivity index (χ1v) is 8.85. The number of benzene rings is 1. The molecule has 1 aliphatic rings. The Kier molecular flexibility index (Phi) is 4.45. The number of rotatable bonds is 5. The van der Waals surface area contributed by atoms with Crippen molar-refractivity contribution in [2.75, 3.05) is 13.1 Å². The van der Waals surface area contributed by atoms with Crippen molar-refractivity contribution in [2.24, 2.45) is 0 Å². The maximum atomic E-state index is 12.2. The Morgan fingerprint density at radius 1 is 1.22 bits per heavy atom. The molecule has 1 aliphatic heterocycles. The molecule has 1 saturated heterocycles. The molecule has 0 radical (unpaired) electrons. The molecule has 0 bridgehead atoms. The predicted octanol–water partition coefficient (Wildman–Crippen LogP) is 2.45. The van der Waals surface area contributed by atoms with Crippen LogP contribution in [0.25, 0.3) is 6.08 Å². The lowest BCUT2D eigenvalue weighted by Gasteiger charge is -2.36. The quantitative estimate of drug-likeness (QED) is 0.845. The Bertz CT molecular complexity index is 780. The summed E-state index contributed by atoms with van der Waals surface area (Å²) in [4.78, 5) is 3.97. The van der Waals surface area contributed by atoms with Crippen LogP contribution in [-0.4, -0.2) is 36.9 Å². The van der Waals surface area contributed by atoms with Crippen LogP contribution >= 0.6 is 0 Å². The van der Waals surface area contributed by atoms with Gasteiger partial charge in [-0.15, -0.1) is 0 Å². The lowest BCUT2D eigenvalue weighted by Crippen LogP contribution is -2.55. The average molecular weight is 330 g/mol. The van der Waals surface area contributed by atoms with Crippen molar-refractivity contribution in [1.29, 1.82) is 0 Å². The summed E-state index contributed by atoms with van der Waals surface area (Å²) in [7, 11) is -3.40. The van der Waals surface area contributed by atoms with Crippen molar-refractivity contribution >= 4 is 16.1 Å². The zero-order valence-electron chi connectivity index (χ0n) is 12.8. The van der Waals surface area contributed by atoms with E-state index in [9.17, 15) is 8.42 Å².